The van der Waals surface area contributed by atoms with Crippen molar-refractivity contribution >= 4 is 23.2 Å². The number of hydrogen-bond acceptors (Lipinski definition) is 5. The number of carbonyl (C=O) groups excluding carboxylic acids is 2. The maximum atomic E-state index is 12.6. The normalized spacial score (nSPS) is 10.1. The van der Waals surface area contributed by atoms with Gasteiger partial charge in [-0.2, -0.15) is 0 Å². The smallest absolute Gasteiger partial charge is 0.274 e. The highest BCUT2D eigenvalue weighted by molar-refractivity contribution is 6.07. The van der Waals surface area contributed by atoms with Crippen molar-refractivity contribution in [2.45, 2.75) is 0 Å². The van der Waals surface area contributed by atoms with Crippen molar-refractivity contribution in [2.24, 2.45) is 0 Å². The molecule has 0 saturated carbocycles. The summed E-state index contributed by atoms with van der Waals surface area (Å²) in [5, 5.41) is 5.50. The Kier molecular flexibility index (Phi) is 5.86. The van der Waals surface area contributed by atoms with E-state index in [0.717, 1.165) is 0 Å². The Hall–Kier alpha value is -3.87. The van der Waals surface area contributed by atoms with Gasteiger partial charge in [0.15, 0.2) is 11.5 Å². The molecule has 7 nitrogen and oxygen atoms in total. The summed E-state index contributed by atoms with van der Waals surface area (Å²) in [6.45, 7) is 0. The van der Waals surface area contributed by atoms with Crippen LogP contribution in [0.1, 0.15) is 20.8 Å². The Balaban J connectivity index is 1.74. The van der Waals surface area contributed by atoms with Crippen LogP contribution in [0.15, 0.2) is 66.9 Å². The third-order valence-electron chi connectivity index (χ3n) is 3.93. The van der Waals surface area contributed by atoms with Gasteiger partial charge in [-0.3, -0.25) is 14.6 Å². The molecule has 0 saturated heterocycles. The zero-order chi connectivity index (χ0) is 19.9. The van der Waals surface area contributed by atoms with Crippen LogP contribution >= 0.6 is 0 Å². The molecule has 2 N–H and O–H groups in total. The molecule has 142 valence electrons. The van der Waals surface area contributed by atoms with Crippen molar-refractivity contribution < 1.29 is 19.1 Å². The van der Waals surface area contributed by atoms with E-state index < -0.39 is 5.91 Å². The molecule has 28 heavy (non-hydrogen) atoms. The maximum absolute atomic E-state index is 12.6. The highest BCUT2D eigenvalue weighted by Crippen LogP contribution is 2.29. The zero-order valence-corrected chi connectivity index (χ0v) is 15.4. The zero-order valence-electron chi connectivity index (χ0n) is 15.4. The number of anilines is 2. The van der Waals surface area contributed by atoms with Crippen LogP contribution in [0.4, 0.5) is 11.4 Å². The molecule has 0 spiro atoms. The van der Waals surface area contributed by atoms with E-state index in [1.54, 1.807) is 30.3 Å². The van der Waals surface area contributed by atoms with E-state index in [4.69, 9.17) is 9.47 Å². The van der Waals surface area contributed by atoms with E-state index in [9.17, 15) is 9.59 Å². The van der Waals surface area contributed by atoms with Gasteiger partial charge in [0.25, 0.3) is 11.8 Å². The first-order valence-electron chi connectivity index (χ1n) is 8.46. The van der Waals surface area contributed by atoms with Crippen molar-refractivity contribution in [2.75, 3.05) is 24.9 Å². The largest absolute Gasteiger partial charge is 0.493 e. The lowest BCUT2D eigenvalue weighted by Crippen LogP contribution is -2.17. The molecule has 0 aliphatic heterocycles. The lowest BCUT2D eigenvalue weighted by Gasteiger charge is -2.11. The quantitative estimate of drug-likeness (QED) is 0.685. The fourth-order valence-electron chi connectivity index (χ4n) is 2.53. The minimum Gasteiger partial charge on any atom is -0.493 e. The number of nitrogens with zero attached hydrogens (tertiary/aromatic N) is 1. The molecule has 0 bridgehead atoms. The first kappa shape index (κ1) is 18.9. The van der Waals surface area contributed by atoms with Crippen LogP contribution in [0, 0.1) is 0 Å². The number of para-hydroxylation sites is 1. The highest BCUT2D eigenvalue weighted by atomic mass is 16.5. The second-order valence-electron chi connectivity index (χ2n) is 5.77. The average molecular weight is 377 g/mol. The molecule has 7 heteroatoms. The Bertz CT molecular complexity index is 990. The number of methoxy groups -OCH3 is 2. The summed E-state index contributed by atoms with van der Waals surface area (Å²) >= 11 is 0. The summed E-state index contributed by atoms with van der Waals surface area (Å²) in [7, 11) is 3.05. The molecular weight excluding hydrogens is 358 g/mol. The number of carbonyl (C=O) groups is 2. The predicted molar refractivity (Wildman–Crippen MR) is 106 cm³/mol. The van der Waals surface area contributed by atoms with E-state index >= 15 is 0 Å². The van der Waals surface area contributed by atoms with Gasteiger partial charge in [0.2, 0.25) is 0 Å². The molecule has 3 aromatic rings. The van der Waals surface area contributed by atoms with Crippen molar-refractivity contribution in [3.63, 3.8) is 0 Å². The molecule has 0 aliphatic carbocycles. The molecule has 1 heterocycles. The highest BCUT2D eigenvalue weighted by Gasteiger charge is 2.13. The SMILES string of the molecule is COc1ccc(NC(=O)c2ccnc(C(=O)Nc3ccccc3)c2)cc1OC. The van der Waals surface area contributed by atoms with Gasteiger partial charge in [-0.05, 0) is 36.4 Å². The number of hydrogen-bond donors (Lipinski definition) is 2. The summed E-state index contributed by atoms with van der Waals surface area (Å²) in [6.07, 6.45) is 1.42. The fraction of sp³-hybridized carbons (Fsp3) is 0.0952. The van der Waals surface area contributed by atoms with Gasteiger partial charge in [-0.15, -0.1) is 0 Å². The van der Waals surface area contributed by atoms with E-state index in [-0.39, 0.29) is 11.6 Å². The minimum absolute atomic E-state index is 0.142. The molecule has 3 rings (SSSR count). The molecule has 2 amide bonds. The average Bonchev–Trinajstić information content (AvgIpc) is 2.74. The van der Waals surface area contributed by atoms with Crippen LogP contribution in [0.2, 0.25) is 0 Å². The van der Waals surface area contributed by atoms with E-state index in [0.29, 0.717) is 28.4 Å². The van der Waals surface area contributed by atoms with Gasteiger partial charge in [0.05, 0.1) is 14.2 Å². The Morgan fingerprint density at radius 2 is 1.50 bits per heavy atom. The van der Waals surface area contributed by atoms with Gasteiger partial charge < -0.3 is 20.1 Å². The molecule has 0 aliphatic rings. The van der Waals surface area contributed by atoms with Crippen molar-refractivity contribution in [1.29, 1.82) is 0 Å². The Labute approximate surface area is 162 Å². The van der Waals surface area contributed by atoms with Crippen molar-refractivity contribution in [1.82, 2.24) is 4.98 Å². The number of aromatic nitrogens is 1. The van der Waals surface area contributed by atoms with Gasteiger partial charge in [0.1, 0.15) is 5.69 Å². The van der Waals surface area contributed by atoms with E-state index in [1.807, 2.05) is 18.2 Å². The number of ether oxygens (including phenoxy) is 2. The lowest BCUT2D eigenvalue weighted by molar-refractivity contribution is 0.102. The first-order valence-corrected chi connectivity index (χ1v) is 8.46. The lowest BCUT2D eigenvalue weighted by atomic mass is 10.2. The predicted octanol–water partition coefficient (Wildman–Crippen LogP) is 3.60. The second-order valence-corrected chi connectivity index (χ2v) is 5.77. The van der Waals surface area contributed by atoms with Crippen molar-refractivity contribution in [3.8, 4) is 11.5 Å². The molecule has 0 atom stereocenters. The van der Waals surface area contributed by atoms with Crippen molar-refractivity contribution in [3.05, 3.63) is 78.1 Å². The molecular formula is C21H19N3O4. The minimum atomic E-state index is -0.396. The van der Waals surface area contributed by atoms with Crippen LogP contribution in [0.5, 0.6) is 11.5 Å². The fourth-order valence-corrected chi connectivity index (χ4v) is 2.53. The van der Waals surface area contributed by atoms with Gasteiger partial charge in [0, 0.05) is 29.2 Å². The summed E-state index contributed by atoms with van der Waals surface area (Å²) in [4.78, 5) is 29.0. The van der Waals surface area contributed by atoms with Crippen LogP contribution in [-0.2, 0) is 0 Å². The molecule has 0 unspecified atom stereocenters. The topological polar surface area (TPSA) is 89.5 Å². The molecule has 2 aromatic carbocycles. The summed E-state index contributed by atoms with van der Waals surface area (Å²) in [5.74, 6) is 0.289. The van der Waals surface area contributed by atoms with Crippen LogP contribution < -0.4 is 20.1 Å². The molecule has 0 radical (unpaired) electrons. The Morgan fingerprint density at radius 1 is 0.786 bits per heavy atom. The number of pyridine rings is 1. The number of amides is 2. The first-order chi connectivity index (χ1) is 13.6. The summed E-state index contributed by atoms with van der Waals surface area (Å²) in [5.41, 5.74) is 1.64. The third kappa shape index (κ3) is 4.45. The number of benzene rings is 2. The molecule has 0 fully saturated rings. The summed E-state index contributed by atoms with van der Waals surface area (Å²) in [6, 6.07) is 17.0. The van der Waals surface area contributed by atoms with Crippen LogP contribution in [0.25, 0.3) is 0 Å². The summed E-state index contributed by atoms with van der Waals surface area (Å²) < 4.78 is 10.4. The van der Waals surface area contributed by atoms with Gasteiger partial charge in [-0.1, -0.05) is 18.2 Å². The Morgan fingerprint density at radius 3 is 2.21 bits per heavy atom. The molecule has 1 aromatic heterocycles. The van der Waals surface area contributed by atoms with Gasteiger partial charge >= 0.3 is 0 Å². The van der Waals surface area contributed by atoms with E-state index in [2.05, 4.69) is 15.6 Å². The monoisotopic (exact) mass is 377 g/mol. The number of rotatable bonds is 6. The standard InChI is InChI=1S/C21H19N3O4/c1-27-18-9-8-16(13-19(18)28-2)24-20(25)14-10-11-22-17(12-14)21(26)23-15-6-4-3-5-7-15/h3-13H,1-2H3,(H,23,26)(H,24,25). The maximum Gasteiger partial charge on any atom is 0.274 e. The van der Waals surface area contributed by atoms with Crippen LogP contribution in [0.3, 0.4) is 0 Å². The van der Waals surface area contributed by atoms with Gasteiger partial charge in [-0.25, -0.2) is 0 Å². The third-order valence-corrected chi connectivity index (χ3v) is 3.93. The second kappa shape index (κ2) is 8.68. The van der Waals surface area contributed by atoms with Crippen LogP contribution in [-0.4, -0.2) is 31.0 Å². The number of nitrogens with one attached hydrogen (secondary N) is 2. The van der Waals surface area contributed by atoms with E-state index in [1.165, 1.54) is 32.5 Å².